The quantitative estimate of drug-likeness (QED) is 0.432. The molecule has 0 aliphatic heterocycles. The molecule has 10 nitrogen and oxygen atoms in total. The summed E-state index contributed by atoms with van der Waals surface area (Å²) in [6.45, 7) is 0.388. The molecule has 1 aromatic heterocycles. The zero-order valence-electron chi connectivity index (χ0n) is 18.1. The highest BCUT2D eigenvalue weighted by atomic mass is 32.3. The van der Waals surface area contributed by atoms with Crippen LogP contribution in [0.1, 0.15) is 24.2 Å². The number of aromatic nitrogens is 1. The number of amides is 1. The first kappa shape index (κ1) is 24.9. The molecular weight excluding hydrogens is 478 g/mol. The maximum atomic E-state index is 12.9. The highest BCUT2D eigenvalue weighted by molar-refractivity contribution is 7.81. The van der Waals surface area contributed by atoms with E-state index in [0.29, 0.717) is 5.56 Å². The number of alkyl halides is 2. The number of para-hydroxylation sites is 1. The van der Waals surface area contributed by atoms with Gasteiger partial charge in [-0.05, 0) is 44.2 Å². The summed E-state index contributed by atoms with van der Waals surface area (Å²) in [5, 5.41) is 0. The molecule has 1 heterocycles. The first-order chi connectivity index (χ1) is 15.9. The average Bonchev–Trinajstić information content (AvgIpc) is 3.23. The number of halogens is 2. The number of hydrogen-bond acceptors (Lipinski definition) is 8. The number of oxazole rings is 1. The number of hydrogen-bond donors (Lipinski definition) is 1. The molecule has 3 rings (SSSR count). The third-order valence-electron chi connectivity index (χ3n) is 4.22. The van der Waals surface area contributed by atoms with Crippen molar-refractivity contribution in [1.29, 1.82) is 0 Å². The van der Waals surface area contributed by atoms with Crippen LogP contribution < -0.4 is 18.6 Å². The van der Waals surface area contributed by atoms with Crippen LogP contribution >= 0.6 is 0 Å². The maximum Gasteiger partial charge on any atom is 0.446 e. The molecule has 0 fully saturated rings. The fourth-order valence-electron chi connectivity index (χ4n) is 2.85. The number of rotatable bonds is 9. The molecule has 0 aliphatic rings. The molecule has 0 aliphatic carbocycles. The molecule has 182 valence electrons. The van der Waals surface area contributed by atoms with Gasteiger partial charge < -0.3 is 18.1 Å². The van der Waals surface area contributed by atoms with Crippen LogP contribution in [0.5, 0.6) is 17.2 Å². The fourth-order valence-corrected chi connectivity index (χ4v) is 3.22. The molecule has 0 saturated carbocycles. The second-order valence-electron chi connectivity index (χ2n) is 7.09. The maximum absolute atomic E-state index is 12.9. The van der Waals surface area contributed by atoms with Crippen molar-refractivity contribution in [1.82, 2.24) is 4.98 Å². The van der Waals surface area contributed by atoms with E-state index in [1.165, 1.54) is 55.8 Å². The molecule has 34 heavy (non-hydrogen) atoms. The third-order valence-corrected chi connectivity index (χ3v) is 4.61. The van der Waals surface area contributed by atoms with E-state index >= 15 is 0 Å². The van der Waals surface area contributed by atoms with Crippen LogP contribution in [0.3, 0.4) is 0 Å². The summed E-state index contributed by atoms with van der Waals surface area (Å²) in [5.41, 5.74) is 0.202. The Hall–Kier alpha value is -3.71. The molecule has 13 heteroatoms. The molecule has 0 radical (unpaired) electrons. The lowest BCUT2D eigenvalue weighted by Crippen LogP contribution is -2.27. The van der Waals surface area contributed by atoms with Gasteiger partial charge in [0.1, 0.15) is 6.26 Å². The Balaban J connectivity index is 1.89. The summed E-state index contributed by atoms with van der Waals surface area (Å²) in [4.78, 5) is 18.2. The van der Waals surface area contributed by atoms with Gasteiger partial charge in [0.05, 0.1) is 11.7 Å². The molecule has 1 N–H and O–H groups in total. The fraction of sp³-hybridized carbons (Fsp3) is 0.238. The van der Waals surface area contributed by atoms with Gasteiger partial charge >= 0.3 is 17.0 Å². The Kier molecular flexibility index (Phi) is 7.37. The second kappa shape index (κ2) is 10.1. The van der Waals surface area contributed by atoms with Gasteiger partial charge in [-0.2, -0.15) is 22.2 Å². The number of nitrogens with zero attached hydrogens (tertiary/aromatic N) is 2. The van der Waals surface area contributed by atoms with Crippen molar-refractivity contribution in [2.24, 2.45) is 0 Å². The van der Waals surface area contributed by atoms with Crippen molar-refractivity contribution in [3.8, 4) is 28.7 Å². The van der Waals surface area contributed by atoms with Crippen LogP contribution in [0, 0.1) is 0 Å². The van der Waals surface area contributed by atoms with Crippen LogP contribution in [-0.4, -0.2) is 43.6 Å². The lowest BCUT2D eigenvalue weighted by Gasteiger charge is -2.16. The van der Waals surface area contributed by atoms with Crippen molar-refractivity contribution in [3.05, 3.63) is 54.3 Å². The topological polar surface area (TPSA) is 128 Å². The van der Waals surface area contributed by atoms with Gasteiger partial charge in [-0.25, -0.2) is 0 Å². The lowest BCUT2D eigenvalue weighted by molar-refractivity contribution is -0.0518. The molecule has 0 spiro atoms. The first-order valence-corrected chi connectivity index (χ1v) is 11.1. The summed E-state index contributed by atoms with van der Waals surface area (Å²) in [6, 6.07) is 9.51. The summed E-state index contributed by atoms with van der Waals surface area (Å²) < 4.78 is 76.4. The van der Waals surface area contributed by atoms with E-state index in [9.17, 15) is 22.0 Å². The minimum atomic E-state index is -4.85. The van der Waals surface area contributed by atoms with E-state index in [2.05, 4.69) is 13.9 Å². The largest absolute Gasteiger partial charge is 0.487 e. The summed E-state index contributed by atoms with van der Waals surface area (Å²) >= 11 is 0. The van der Waals surface area contributed by atoms with Crippen molar-refractivity contribution >= 4 is 22.1 Å². The van der Waals surface area contributed by atoms with Gasteiger partial charge in [0.15, 0.2) is 23.1 Å². The number of ether oxygens (including phenoxy) is 2. The Morgan fingerprint density at radius 2 is 1.79 bits per heavy atom. The van der Waals surface area contributed by atoms with E-state index in [4.69, 9.17) is 13.7 Å². The van der Waals surface area contributed by atoms with Gasteiger partial charge in [0.2, 0.25) is 5.89 Å². The highest BCUT2D eigenvalue weighted by Crippen LogP contribution is 2.35. The van der Waals surface area contributed by atoms with E-state index in [0.717, 1.165) is 4.90 Å². The predicted molar refractivity (Wildman–Crippen MR) is 116 cm³/mol. The second-order valence-corrected chi connectivity index (χ2v) is 8.11. The number of carbonyl (C=O) groups is 1. The van der Waals surface area contributed by atoms with Crippen LogP contribution in [0.2, 0.25) is 0 Å². The van der Waals surface area contributed by atoms with Gasteiger partial charge in [-0.15, -0.1) is 0 Å². The van der Waals surface area contributed by atoms with Crippen molar-refractivity contribution < 1.29 is 44.6 Å². The van der Waals surface area contributed by atoms with E-state index in [1.807, 2.05) is 0 Å². The predicted octanol–water partition coefficient (Wildman–Crippen LogP) is 4.19. The van der Waals surface area contributed by atoms with Crippen LogP contribution in [0.4, 0.5) is 14.6 Å². The Morgan fingerprint density at radius 1 is 1.09 bits per heavy atom. The SMILES string of the molecule is CC(C)Oc1cc(-c2nc(N(C)C(=O)c3ccccc3OS(=O)(=O)O)co2)ccc1OC(F)F. The zero-order valence-corrected chi connectivity index (χ0v) is 19.0. The standard InChI is InChI=1S/C21H20F2N2O8S/c1-12(2)31-17-10-13(8-9-16(17)32-21(22)23)19-24-18(11-30-19)25(3)20(26)14-6-4-5-7-15(14)33-34(27,28)29/h4-12,21H,1-3H3,(H,27,28,29). The summed E-state index contributed by atoms with van der Waals surface area (Å²) in [7, 11) is -3.49. The van der Waals surface area contributed by atoms with E-state index < -0.39 is 22.9 Å². The number of benzene rings is 2. The normalized spacial score (nSPS) is 11.5. The molecule has 3 aromatic rings. The van der Waals surface area contributed by atoms with Crippen LogP contribution in [0.15, 0.2) is 53.1 Å². The molecule has 2 aromatic carbocycles. The molecule has 0 atom stereocenters. The minimum absolute atomic E-state index is 0.0493. The molecular formula is C21H20F2N2O8S. The Bertz CT molecular complexity index is 1280. The van der Waals surface area contributed by atoms with Gasteiger partial charge in [-0.1, -0.05) is 12.1 Å². The lowest BCUT2D eigenvalue weighted by atomic mass is 10.2. The van der Waals surface area contributed by atoms with Crippen LogP contribution in [-0.2, 0) is 10.4 Å². The Labute approximate surface area is 193 Å². The monoisotopic (exact) mass is 498 g/mol. The number of carbonyl (C=O) groups excluding carboxylic acids is 1. The first-order valence-electron chi connectivity index (χ1n) is 9.70. The summed E-state index contributed by atoms with van der Waals surface area (Å²) in [6.07, 6.45) is 0.843. The Morgan fingerprint density at radius 3 is 2.44 bits per heavy atom. The number of anilines is 1. The smallest absolute Gasteiger partial charge is 0.446 e. The third kappa shape index (κ3) is 6.20. The highest BCUT2D eigenvalue weighted by Gasteiger charge is 2.23. The molecule has 0 bridgehead atoms. The zero-order chi connectivity index (χ0) is 25.0. The summed E-state index contributed by atoms with van der Waals surface area (Å²) in [5.74, 6) is -1.09. The van der Waals surface area contributed by atoms with Crippen molar-refractivity contribution in [3.63, 3.8) is 0 Å². The van der Waals surface area contributed by atoms with E-state index in [-0.39, 0.29) is 40.6 Å². The van der Waals surface area contributed by atoms with Crippen LogP contribution in [0.25, 0.3) is 11.5 Å². The van der Waals surface area contributed by atoms with Gasteiger partial charge in [-0.3, -0.25) is 14.2 Å². The van der Waals surface area contributed by atoms with Gasteiger partial charge in [0, 0.05) is 12.6 Å². The minimum Gasteiger partial charge on any atom is -0.487 e. The van der Waals surface area contributed by atoms with Gasteiger partial charge in [0.25, 0.3) is 5.91 Å². The molecule has 1 amide bonds. The van der Waals surface area contributed by atoms with Crippen molar-refractivity contribution in [2.75, 3.05) is 11.9 Å². The molecule has 0 saturated heterocycles. The molecule has 0 unspecified atom stereocenters. The van der Waals surface area contributed by atoms with Crippen molar-refractivity contribution in [2.45, 2.75) is 26.6 Å². The van der Waals surface area contributed by atoms with E-state index in [1.54, 1.807) is 13.8 Å². The average molecular weight is 498 g/mol.